The zero-order chi connectivity index (χ0) is 13.4. The highest BCUT2D eigenvalue weighted by Crippen LogP contribution is 2.35. The van der Waals surface area contributed by atoms with Crippen molar-refractivity contribution in [2.45, 2.75) is 64.1 Å². The maximum absolute atomic E-state index is 11.6. The molecule has 0 amide bonds. The fourth-order valence-electron chi connectivity index (χ4n) is 3.54. The number of hydrogen-bond donors (Lipinski definition) is 0. The summed E-state index contributed by atoms with van der Waals surface area (Å²) in [5.41, 5.74) is 2.79. The quantitative estimate of drug-likeness (QED) is 0.826. The van der Waals surface area contributed by atoms with Crippen molar-refractivity contribution in [3.8, 4) is 0 Å². The van der Waals surface area contributed by atoms with Crippen LogP contribution >= 0.6 is 0 Å². The minimum absolute atomic E-state index is 0.471. The molecule has 2 bridgehead atoms. The summed E-state index contributed by atoms with van der Waals surface area (Å²) in [4.78, 5) is 14.2. The second kappa shape index (κ2) is 5.09. The Hall–Kier alpha value is -1.15. The lowest BCUT2D eigenvalue weighted by atomic mass is 9.99. The molecule has 0 aromatic heterocycles. The van der Waals surface area contributed by atoms with E-state index >= 15 is 0 Å². The summed E-state index contributed by atoms with van der Waals surface area (Å²) in [7, 11) is 0. The maximum atomic E-state index is 11.6. The van der Waals surface area contributed by atoms with Gasteiger partial charge < -0.3 is 0 Å². The monoisotopic (exact) mass is 257 g/mol. The maximum Gasteiger partial charge on any atom is 0.136 e. The Balaban J connectivity index is 1.70. The molecule has 2 unspecified atom stereocenters. The number of fused-ring (bicyclic) bond motifs is 2. The number of Topliss-reactive ketones (excluding diaryl/α,β-unsaturated/α-hetero) is 1. The third kappa shape index (κ3) is 2.59. The van der Waals surface area contributed by atoms with Gasteiger partial charge in [-0.25, -0.2) is 0 Å². The van der Waals surface area contributed by atoms with E-state index in [1.54, 1.807) is 0 Å². The summed E-state index contributed by atoms with van der Waals surface area (Å²) in [6.45, 7) is 5.47. The Labute approximate surface area is 115 Å². The van der Waals surface area contributed by atoms with Crippen LogP contribution in [0, 0.1) is 0 Å². The zero-order valence-corrected chi connectivity index (χ0v) is 11.9. The van der Waals surface area contributed by atoms with Gasteiger partial charge in [-0.2, -0.15) is 0 Å². The van der Waals surface area contributed by atoms with Crippen molar-refractivity contribution in [3.05, 3.63) is 35.4 Å². The van der Waals surface area contributed by atoms with E-state index in [0.29, 0.717) is 23.8 Å². The number of benzene rings is 1. The molecule has 2 aliphatic heterocycles. The van der Waals surface area contributed by atoms with E-state index in [9.17, 15) is 4.79 Å². The van der Waals surface area contributed by atoms with Gasteiger partial charge >= 0.3 is 0 Å². The molecule has 0 spiro atoms. The smallest absolute Gasteiger partial charge is 0.136 e. The van der Waals surface area contributed by atoms with Crippen molar-refractivity contribution >= 4 is 5.78 Å². The van der Waals surface area contributed by atoms with Crippen LogP contribution < -0.4 is 0 Å². The molecule has 2 aliphatic rings. The van der Waals surface area contributed by atoms with Crippen molar-refractivity contribution in [2.75, 3.05) is 0 Å². The third-order valence-corrected chi connectivity index (χ3v) is 4.71. The lowest BCUT2D eigenvalue weighted by Crippen LogP contribution is -2.42. The van der Waals surface area contributed by atoms with Gasteiger partial charge in [0.2, 0.25) is 0 Å². The van der Waals surface area contributed by atoms with Gasteiger partial charge in [0.05, 0.1) is 0 Å². The molecule has 0 N–H and O–H groups in total. The number of rotatable bonds is 3. The van der Waals surface area contributed by atoms with Crippen molar-refractivity contribution in [1.29, 1.82) is 0 Å². The number of ketones is 1. The largest absolute Gasteiger partial charge is 0.300 e. The molecular weight excluding hydrogens is 234 g/mol. The number of nitrogens with zero attached hydrogens (tertiary/aromatic N) is 1. The molecule has 0 aliphatic carbocycles. The van der Waals surface area contributed by atoms with E-state index in [1.165, 1.54) is 24.0 Å². The first kappa shape index (κ1) is 12.9. The molecule has 2 fully saturated rings. The van der Waals surface area contributed by atoms with E-state index in [4.69, 9.17) is 0 Å². The van der Waals surface area contributed by atoms with E-state index in [-0.39, 0.29) is 0 Å². The van der Waals surface area contributed by atoms with Crippen LogP contribution in [0.15, 0.2) is 24.3 Å². The van der Waals surface area contributed by atoms with Gasteiger partial charge in [0.15, 0.2) is 0 Å². The number of carbonyl (C=O) groups excluding carboxylic acids is 1. The molecular formula is C17H23NO. The topological polar surface area (TPSA) is 20.3 Å². The first-order valence-electron chi connectivity index (χ1n) is 7.50. The summed E-state index contributed by atoms with van der Waals surface area (Å²) >= 11 is 0. The number of piperidine rings is 1. The van der Waals surface area contributed by atoms with Crippen LogP contribution in [-0.4, -0.2) is 22.8 Å². The molecule has 1 aromatic rings. The van der Waals surface area contributed by atoms with Crippen LogP contribution in [0.1, 0.15) is 56.6 Å². The Bertz CT molecular complexity index is 447. The highest BCUT2D eigenvalue weighted by atomic mass is 16.1. The minimum atomic E-state index is 0.471. The second-order valence-electron chi connectivity index (χ2n) is 6.40. The van der Waals surface area contributed by atoms with Gasteiger partial charge in [0.25, 0.3) is 0 Å². The van der Waals surface area contributed by atoms with Crippen molar-refractivity contribution in [2.24, 2.45) is 0 Å². The zero-order valence-electron chi connectivity index (χ0n) is 11.9. The van der Waals surface area contributed by atoms with Gasteiger partial charge in [-0.1, -0.05) is 38.1 Å². The molecule has 0 saturated carbocycles. The van der Waals surface area contributed by atoms with Gasteiger partial charge in [-0.3, -0.25) is 9.69 Å². The predicted molar refractivity (Wildman–Crippen MR) is 77.1 cm³/mol. The second-order valence-corrected chi connectivity index (χ2v) is 6.40. The lowest BCUT2D eigenvalue weighted by molar-refractivity contribution is -0.123. The normalized spacial score (nSPS) is 27.2. The van der Waals surface area contributed by atoms with Crippen LogP contribution in [0.25, 0.3) is 0 Å². The summed E-state index contributed by atoms with van der Waals surface area (Å²) in [6, 6.07) is 10.0. The highest BCUT2D eigenvalue weighted by molar-refractivity contribution is 5.80. The summed E-state index contributed by atoms with van der Waals surface area (Å²) in [6.07, 6.45) is 3.97. The fourth-order valence-corrected chi connectivity index (χ4v) is 3.54. The van der Waals surface area contributed by atoms with Crippen LogP contribution in [-0.2, 0) is 11.3 Å². The molecule has 0 radical (unpaired) electrons. The van der Waals surface area contributed by atoms with Crippen LogP contribution in [0.3, 0.4) is 0 Å². The summed E-state index contributed by atoms with van der Waals surface area (Å²) in [5, 5.41) is 0. The molecule has 102 valence electrons. The average molecular weight is 257 g/mol. The minimum Gasteiger partial charge on any atom is -0.300 e. The number of hydrogen-bond acceptors (Lipinski definition) is 2. The number of carbonyl (C=O) groups is 1. The molecule has 2 nitrogen and oxygen atoms in total. The Morgan fingerprint density at radius 3 is 2.21 bits per heavy atom. The Kier molecular flexibility index (Phi) is 3.44. The van der Waals surface area contributed by atoms with Crippen LogP contribution in [0.2, 0.25) is 0 Å². The van der Waals surface area contributed by atoms with Crippen molar-refractivity contribution in [1.82, 2.24) is 4.90 Å². The molecule has 2 heterocycles. The summed E-state index contributed by atoms with van der Waals surface area (Å²) < 4.78 is 0. The van der Waals surface area contributed by atoms with Crippen LogP contribution in [0.4, 0.5) is 0 Å². The standard InChI is InChI=1S/C17H23NO/c1-12(2)14-5-3-13(4-6-14)11-18-15-7-8-16(18)10-17(19)9-15/h3-6,12,15-16H,7-11H2,1-2H3. The molecule has 3 rings (SSSR count). The first-order valence-corrected chi connectivity index (χ1v) is 7.50. The lowest BCUT2D eigenvalue weighted by Gasteiger charge is -2.34. The van der Waals surface area contributed by atoms with Crippen molar-refractivity contribution < 1.29 is 4.79 Å². The Morgan fingerprint density at radius 1 is 1.11 bits per heavy atom. The Morgan fingerprint density at radius 2 is 1.68 bits per heavy atom. The molecule has 2 saturated heterocycles. The molecule has 1 aromatic carbocycles. The van der Waals surface area contributed by atoms with Crippen LogP contribution in [0.5, 0.6) is 0 Å². The van der Waals surface area contributed by atoms with E-state index in [0.717, 1.165) is 19.4 Å². The van der Waals surface area contributed by atoms with E-state index < -0.39 is 0 Å². The fraction of sp³-hybridized carbons (Fsp3) is 0.588. The molecule has 2 atom stereocenters. The molecule has 19 heavy (non-hydrogen) atoms. The van der Waals surface area contributed by atoms with Crippen molar-refractivity contribution in [3.63, 3.8) is 0 Å². The van der Waals surface area contributed by atoms with E-state index in [2.05, 4.69) is 43.0 Å². The molecule has 2 heteroatoms. The predicted octanol–water partition coefficient (Wildman–Crippen LogP) is 3.51. The van der Waals surface area contributed by atoms with Gasteiger partial charge in [0.1, 0.15) is 5.78 Å². The van der Waals surface area contributed by atoms with Gasteiger partial charge in [-0.15, -0.1) is 0 Å². The SMILES string of the molecule is CC(C)c1ccc(CN2C3CCC2CC(=O)C3)cc1. The van der Waals surface area contributed by atoms with Gasteiger partial charge in [0, 0.05) is 31.5 Å². The van der Waals surface area contributed by atoms with E-state index in [1.807, 2.05) is 0 Å². The highest BCUT2D eigenvalue weighted by Gasteiger charge is 2.39. The first-order chi connectivity index (χ1) is 9.13. The average Bonchev–Trinajstić information content (AvgIpc) is 2.62. The third-order valence-electron chi connectivity index (χ3n) is 4.71. The van der Waals surface area contributed by atoms with Gasteiger partial charge in [-0.05, 0) is 29.9 Å². The summed E-state index contributed by atoms with van der Waals surface area (Å²) in [5.74, 6) is 1.07.